The topological polar surface area (TPSA) is 130 Å². The number of carbonyl (C=O) groups excluding carboxylic acids is 3. The number of β-lactam (4-membered cyclic amide) rings is 1. The van der Waals surface area contributed by atoms with Crippen LogP contribution in [0, 0.1) is 5.92 Å². The number of hydrogen-bond donors (Lipinski definition) is 3. The van der Waals surface area contributed by atoms with E-state index >= 15 is 0 Å². The number of amides is 3. The second kappa shape index (κ2) is 10.3. The van der Waals surface area contributed by atoms with E-state index in [1.807, 2.05) is 49.1 Å². The smallest absolute Gasteiger partial charge is 0.331 e. The first kappa shape index (κ1) is 27.4. The summed E-state index contributed by atoms with van der Waals surface area (Å²) in [5.74, 6) is -3.21. The first-order chi connectivity index (χ1) is 17.4. The van der Waals surface area contributed by atoms with Crippen molar-refractivity contribution in [3.8, 4) is 0 Å². The Hall–Kier alpha value is -2.63. The lowest BCUT2D eigenvalue weighted by atomic mass is 9.74. The van der Waals surface area contributed by atoms with Crippen LogP contribution in [0.1, 0.15) is 33.3 Å². The van der Waals surface area contributed by atoms with E-state index in [9.17, 15) is 29.4 Å². The molecule has 4 rings (SSSR count). The third-order valence-electron chi connectivity index (χ3n) is 7.66. The zero-order chi connectivity index (χ0) is 27.1. The molecule has 0 aliphatic carbocycles. The molecular formula is C26H36N4O6S. The number of thioether (sulfide) groups is 1. The number of benzene rings is 1. The Morgan fingerprint density at radius 2 is 1.73 bits per heavy atom. The Labute approximate surface area is 221 Å². The molecule has 3 aliphatic heterocycles. The van der Waals surface area contributed by atoms with E-state index in [0.717, 1.165) is 5.56 Å². The van der Waals surface area contributed by atoms with Crippen molar-refractivity contribution in [2.24, 2.45) is 5.92 Å². The van der Waals surface area contributed by atoms with E-state index in [4.69, 9.17) is 0 Å². The monoisotopic (exact) mass is 532 g/mol. The summed E-state index contributed by atoms with van der Waals surface area (Å²) in [5, 5.41) is 23.6. The number of carboxylic acids is 1. The van der Waals surface area contributed by atoms with Crippen molar-refractivity contribution in [1.29, 1.82) is 0 Å². The third kappa shape index (κ3) is 4.84. The van der Waals surface area contributed by atoms with Crippen LogP contribution >= 0.6 is 11.8 Å². The van der Waals surface area contributed by atoms with Crippen molar-refractivity contribution in [3.05, 3.63) is 35.9 Å². The fourth-order valence-electron chi connectivity index (χ4n) is 5.66. The van der Waals surface area contributed by atoms with Crippen LogP contribution in [0.5, 0.6) is 0 Å². The number of aliphatic carboxylic acids is 1. The highest BCUT2D eigenvalue weighted by Gasteiger charge is 2.73. The molecule has 0 spiro atoms. The van der Waals surface area contributed by atoms with Crippen molar-refractivity contribution in [2.75, 3.05) is 32.7 Å². The van der Waals surface area contributed by atoms with Crippen molar-refractivity contribution < 1.29 is 29.4 Å². The molecule has 3 saturated heterocycles. The molecule has 202 valence electrons. The summed E-state index contributed by atoms with van der Waals surface area (Å²) in [6.45, 7) is 9.29. The van der Waals surface area contributed by atoms with Gasteiger partial charge in [0.1, 0.15) is 12.0 Å². The average Bonchev–Trinajstić information content (AvgIpc) is 3.03. The number of hydrogen-bond acceptors (Lipinski definition) is 7. The second-order valence-corrected chi connectivity index (χ2v) is 12.6. The number of fused-ring (bicyclic) bond motifs is 1. The number of carboxylic acid groups (broad SMARTS) is 1. The fourth-order valence-corrected chi connectivity index (χ4v) is 7.52. The molecule has 3 aliphatic rings. The zero-order valence-corrected chi connectivity index (χ0v) is 22.5. The van der Waals surface area contributed by atoms with Crippen molar-refractivity contribution in [2.45, 2.75) is 61.9 Å². The summed E-state index contributed by atoms with van der Waals surface area (Å²) < 4.78 is -0.852. The maximum absolute atomic E-state index is 13.4. The summed E-state index contributed by atoms with van der Waals surface area (Å²) in [6, 6.07) is 9.24. The van der Waals surface area contributed by atoms with Crippen LogP contribution in [0.4, 0.5) is 0 Å². The molecule has 3 fully saturated rings. The first-order valence-electron chi connectivity index (χ1n) is 12.7. The lowest BCUT2D eigenvalue weighted by molar-refractivity contribution is -0.183. The van der Waals surface area contributed by atoms with Crippen LogP contribution in [0.2, 0.25) is 0 Å². The second-order valence-electron chi connectivity index (χ2n) is 10.8. The van der Waals surface area contributed by atoms with E-state index in [1.54, 1.807) is 13.8 Å². The van der Waals surface area contributed by atoms with Gasteiger partial charge in [0.2, 0.25) is 11.8 Å². The molecule has 0 radical (unpaired) electrons. The molecular weight excluding hydrogens is 496 g/mol. The Morgan fingerprint density at radius 1 is 1.11 bits per heavy atom. The number of rotatable bonds is 8. The molecule has 0 unspecified atom stereocenters. The summed E-state index contributed by atoms with van der Waals surface area (Å²) in [6.07, 6.45) is -1.41. The fraction of sp³-hybridized carbons (Fsp3) is 0.615. The molecule has 3 N–H and O–H groups in total. The van der Waals surface area contributed by atoms with Gasteiger partial charge in [-0.1, -0.05) is 30.3 Å². The maximum atomic E-state index is 13.4. The van der Waals surface area contributed by atoms with E-state index in [2.05, 4.69) is 5.32 Å². The van der Waals surface area contributed by atoms with Gasteiger partial charge in [0.15, 0.2) is 5.54 Å². The Kier molecular flexibility index (Phi) is 7.60. The molecule has 11 heteroatoms. The van der Waals surface area contributed by atoms with Gasteiger partial charge in [-0.3, -0.25) is 19.3 Å². The Morgan fingerprint density at radius 3 is 2.30 bits per heavy atom. The molecule has 4 atom stereocenters. The van der Waals surface area contributed by atoms with E-state index in [0.29, 0.717) is 26.2 Å². The van der Waals surface area contributed by atoms with Crippen LogP contribution in [0.3, 0.4) is 0 Å². The molecule has 10 nitrogen and oxygen atoms in total. The molecule has 1 aromatic rings. The highest BCUT2D eigenvalue weighted by molar-refractivity contribution is 8.01. The van der Waals surface area contributed by atoms with Gasteiger partial charge in [-0.2, -0.15) is 0 Å². The summed E-state index contributed by atoms with van der Waals surface area (Å²) in [7, 11) is 0. The van der Waals surface area contributed by atoms with Gasteiger partial charge in [0, 0.05) is 43.4 Å². The average molecular weight is 533 g/mol. The van der Waals surface area contributed by atoms with Gasteiger partial charge in [-0.15, -0.1) is 11.8 Å². The standard InChI is InChI=1S/C26H36N4O6S/c1-16(2)27-18(31)15-28-10-12-29(13-11-28)22(34)20(32)19-21(33)30-23(19)37-25(3,4)26(30,24(35)36)14-17-8-6-5-7-9-17/h5-9,16,19-20,23,32H,10-15H2,1-4H3,(H,27,31)(H,35,36)/t19-,20+,23-,26+/m1/s1. The Bertz CT molecular complexity index is 1060. The van der Waals surface area contributed by atoms with Crippen LogP contribution in [-0.4, -0.2) is 109 Å². The summed E-state index contributed by atoms with van der Waals surface area (Å²) in [4.78, 5) is 56.2. The predicted octanol–water partition coefficient (Wildman–Crippen LogP) is 0.392. The number of nitrogens with zero attached hydrogens (tertiary/aromatic N) is 3. The van der Waals surface area contributed by atoms with Gasteiger partial charge in [0.25, 0.3) is 5.91 Å². The van der Waals surface area contributed by atoms with Crippen LogP contribution in [0.15, 0.2) is 30.3 Å². The summed E-state index contributed by atoms with van der Waals surface area (Å²) in [5.41, 5.74) is -0.700. The number of piperazine rings is 1. The van der Waals surface area contributed by atoms with Crippen LogP contribution in [0.25, 0.3) is 0 Å². The van der Waals surface area contributed by atoms with Gasteiger partial charge >= 0.3 is 5.97 Å². The minimum Gasteiger partial charge on any atom is -0.479 e. The molecule has 3 amide bonds. The molecule has 0 aromatic heterocycles. The lowest BCUT2D eigenvalue weighted by Gasteiger charge is -2.51. The molecule has 3 heterocycles. The largest absolute Gasteiger partial charge is 0.479 e. The number of carbonyl (C=O) groups is 4. The van der Waals surface area contributed by atoms with Crippen LogP contribution in [-0.2, 0) is 25.6 Å². The number of nitrogens with one attached hydrogen (secondary N) is 1. The molecule has 0 saturated carbocycles. The number of aliphatic hydroxyl groups excluding tert-OH is 1. The highest BCUT2D eigenvalue weighted by Crippen LogP contribution is 2.60. The van der Waals surface area contributed by atoms with Gasteiger partial charge in [0.05, 0.1) is 11.9 Å². The van der Waals surface area contributed by atoms with E-state index in [1.165, 1.54) is 21.6 Å². The van der Waals surface area contributed by atoms with Crippen molar-refractivity contribution in [3.63, 3.8) is 0 Å². The van der Waals surface area contributed by atoms with Gasteiger partial charge in [-0.25, -0.2) is 4.79 Å². The van der Waals surface area contributed by atoms with E-state index in [-0.39, 0.29) is 24.9 Å². The van der Waals surface area contributed by atoms with Crippen LogP contribution < -0.4 is 5.32 Å². The minimum absolute atomic E-state index is 0.0519. The maximum Gasteiger partial charge on any atom is 0.331 e. The molecule has 1 aromatic carbocycles. The lowest BCUT2D eigenvalue weighted by Crippen LogP contribution is -2.73. The SMILES string of the molecule is CC(C)NC(=O)CN1CCN(C(=O)[C@@H](O)[C@@H]2C(=O)N3[C@@H]2SC(C)(C)[C@]3(Cc2ccccc2)C(=O)O)CC1. The highest BCUT2D eigenvalue weighted by atomic mass is 32.2. The van der Waals surface area contributed by atoms with Gasteiger partial charge in [-0.05, 0) is 33.3 Å². The number of aliphatic hydroxyl groups is 1. The minimum atomic E-state index is -1.55. The third-order valence-corrected chi connectivity index (χ3v) is 9.33. The van der Waals surface area contributed by atoms with Gasteiger partial charge < -0.3 is 25.3 Å². The van der Waals surface area contributed by atoms with E-state index < -0.39 is 45.5 Å². The quantitative estimate of drug-likeness (QED) is 0.410. The van der Waals surface area contributed by atoms with Crippen molar-refractivity contribution >= 4 is 35.5 Å². The molecule has 37 heavy (non-hydrogen) atoms. The Balaban J connectivity index is 1.44. The molecule has 0 bridgehead atoms. The zero-order valence-electron chi connectivity index (χ0n) is 21.7. The normalized spacial score (nSPS) is 28.0. The first-order valence-corrected chi connectivity index (χ1v) is 13.5. The van der Waals surface area contributed by atoms with Crippen molar-refractivity contribution in [1.82, 2.24) is 20.0 Å². The summed E-state index contributed by atoms with van der Waals surface area (Å²) >= 11 is 1.33. The predicted molar refractivity (Wildman–Crippen MR) is 139 cm³/mol.